The SMILES string of the molecule is CCc1ccc(S(=O)(=O)N(CC)c2cccc(N)c2)s1. The highest BCUT2D eigenvalue weighted by Crippen LogP contribution is 2.29. The molecular weight excluding hydrogens is 292 g/mol. The first-order valence-electron chi connectivity index (χ1n) is 6.46. The van der Waals surface area contributed by atoms with Crippen molar-refractivity contribution in [2.45, 2.75) is 24.5 Å². The largest absolute Gasteiger partial charge is 0.399 e. The van der Waals surface area contributed by atoms with Crippen LogP contribution >= 0.6 is 11.3 Å². The smallest absolute Gasteiger partial charge is 0.273 e. The maximum atomic E-state index is 12.7. The number of anilines is 2. The lowest BCUT2D eigenvalue weighted by Gasteiger charge is -2.22. The monoisotopic (exact) mass is 310 g/mol. The summed E-state index contributed by atoms with van der Waals surface area (Å²) in [7, 11) is -3.51. The molecule has 0 amide bonds. The van der Waals surface area contributed by atoms with E-state index in [2.05, 4.69) is 0 Å². The second kappa shape index (κ2) is 5.85. The van der Waals surface area contributed by atoms with Crippen LogP contribution in [0, 0.1) is 0 Å². The number of benzene rings is 1. The minimum Gasteiger partial charge on any atom is -0.399 e. The van der Waals surface area contributed by atoms with Gasteiger partial charge in [0.1, 0.15) is 4.21 Å². The van der Waals surface area contributed by atoms with Gasteiger partial charge in [0.2, 0.25) is 0 Å². The highest BCUT2D eigenvalue weighted by Gasteiger charge is 2.25. The molecule has 1 aromatic carbocycles. The molecule has 4 nitrogen and oxygen atoms in total. The van der Waals surface area contributed by atoms with Gasteiger partial charge in [-0.25, -0.2) is 8.42 Å². The van der Waals surface area contributed by atoms with Crippen LogP contribution in [0.15, 0.2) is 40.6 Å². The lowest BCUT2D eigenvalue weighted by Crippen LogP contribution is -2.30. The fourth-order valence-corrected chi connectivity index (χ4v) is 4.84. The number of thiophene rings is 1. The van der Waals surface area contributed by atoms with Gasteiger partial charge in [-0.15, -0.1) is 11.3 Å². The summed E-state index contributed by atoms with van der Waals surface area (Å²) in [4.78, 5) is 1.06. The fraction of sp³-hybridized carbons (Fsp3) is 0.286. The van der Waals surface area contributed by atoms with Gasteiger partial charge in [0.25, 0.3) is 10.0 Å². The highest BCUT2D eigenvalue weighted by molar-refractivity contribution is 7.94. The Bertz CT molecular complexity index is 693. The van der Waals surface area contributed by atoms with Crippen LogP contribution in [0.3, 0.4) is 0 Å². The first-order valence-corrected chi connectivity index (χ1v) is 8.71. The molecule has 0 unspecified atom stereocenters. The Balaban J connectivity index is 2.44. The Morgan fingerprint density at radius 1 is 1.20 bits per heavy atom. The van der Waals surface area contributed by atoms with E-state index in [4.69, 9.17) is 5.73 Å². The van der Waals surface area contributed by atoms with E-state index in [9.17, 15) is 8.42 Å². The van der Waals surface area contributed by atoms with Crippen molar-refractivity contribution in [3.05, 3.63) is 41.3 Å². The van der Waals surface area contributed by atoms with E-state index in [0.29, 0.717) is 22.1 Å². The van der Waals surface area contributed by atoms with Crippen molar-refractivity contribution in [3.63, 3.8) is 0 Å². The summed E-state index contributed by atoms with van der Waals surface area (Å²) in [6.45, 7) is 4.19. The van der Waals surface area contributed by atoms with E-state index in [1.165, 1.54) is 15.6 Å². The zero-order valence-corrected chi connectivity index (χ0v) is 13.2. The molecule has 1 heterocycles. The predicted molar refractivity (Wildman–Crippen MR) is 84.8 cm³/mol. The Hall–Kier alpha value is -1.53. The molecule has 0 spiro atoms. The second-order valence-electron chi connectivity index (χ2n) is 4.34. The van der Waals surface area contributed by atoms with Crippen LogP contribution in [-0.2, 0) is 16.4 Å². The lowest BCUT2D eigenvalue weighted by molar-refractivity contribution is 0.594. The summed E-state index contributed by atoms with van der Waals surface area (Å²) >= 11 is 1.32. The van der Waals surface area contributed by atoms with Gasteiger partial charge >= 0.3 is 0 Å². The van der Waals surface area contributed by atoms with Crippen LogP contribution in [-0.4, -0.2) is 15.0 Å². The first kappa shape index (κ1) is 14.9. The van der Waals surface area contributed by atoms with Gasteiger partial charge in [0, 0.05) is 17.1 Å². The number of hydrogen-bond donors (Lipinski definition) is 1. The quantitative estimate of drug-likeness (QED) is 0.863. The zero-order valence-electron chi connectivity index (χ0n) is 11.5. The molecule has 0 saturated heterocycles. The maximum Gasteiger partial charge on any atom is 0.273 e. The third-order valence-corrected chi connectivity index (χ3v) is 6.58. The van der Waals surface area contributed by atoms with Gasteiger partial charge in [0.05, 0.1) is 5.69 Å². The average molecular weight is 310 g/mol. The fourth-order valence-electron chi connectivity index (χ4n) is 1.97. The molecule has 0 saturated carbocycles. The molecule has 2 aromatic rings. The average Bonchev–Trinajstić information content (AvgIpc) is 2.89. The van der Waals surface area contributed by atoms with Gasteiger partial charge < -0.3 is 5.73 Å². The van der Waals surface area contributed by atoms with Gasteiger partial charge in [-0.05, 0) is 43.7 Å². The lowest BCUT2D eigenvalue weighted by atomic mass is 10.3. The van der Waals surface area contributed by atoms with Crippen molar-refractivity contribution >= 4 is 32.7 Å². The topological polar surface area (TPSA) is 63.4 Å². The van der Waals surface area contributed by atoms with Gasteiger partial charge in [-0.1, -0.05) is 13.0 Å². The van der Waals surface area contributed by atoms with E-state index >= 15 is 0 Å². The molecule has 6 heteroatoms. The maximum absolute atomic E-state index is 12.7. The Labute approximate surface area is 123 Å². The van der Waals surface area contributed by atoms with E-state index in [1.807, 2.05) is 19.9 Å². The third kappa shape index (κ3) is 2.81. The van der Waals surface area contributed by atoms with Gasteiger partial charge in [-0.2, -0.15) is 0 Å². The molecule has 2 N–H and O–H groups in total. The standard InChI is InChI=1S/C14H18N2O2S2/c1-3-13-8-9-14(19-13)20(17,18)16(4-2)12-7-5-6-11(15)10-12/h5-10H,3-4,15H2,1-2H3. The molecule has 0 aliphatic heterocycles. The number of nitrogens with zero attached hydrogens (tertiary/aromatic N) is 1. The number of rotatable bonds is 5. The van der Waals surface area contributed by atoms with Crippen LogP contribution in [0.1, 0.15) is 18.7 Å². The summed E-state index contributed by atoms with van der Waals surface area (Å²) in [6, 6.07) is 10.5. The Morgan fingerprint density at radius 2 is 1.95 bits per heavy atom. The van der Waals surface area contributed by atoms with Crippen molar-refractivity contribution in [2.24, 2.45) is 0 Å². The molecule has 0 atom stereocenters. The number of nitrogen functional groups attached to an aromatic ring is 1. The van der Waals surface area contributed by atoms with Crippen LogP contribution in [0.2, 0.25) is 0 Å². The number of hydrogen-bond acceptors (Lipinski definition) is 4. The molecular formula is C14H18N2O2S2. The highest BCUT2D eigenvalue weighted by atomic mass is 32.2. The predicted octanol–water partition coefficient (Wildman–Crippen LogP) is 3.11. The van der Waals surface area contributed by atoms with Crippen LogP contribution in [0.4, 0.5) is 11.4 Å². The van der Waals surface area contributed by atoms with E-state index in [0.717, 1.165) is 11.3 Å². The summed E-state index contributed by atoms with van der Waals surface area (Å²) in [5, 5.41) is 0. The molecule has 108 valence electrons. The molecule has 0 aliphatic rings. The van der Waals surface area contributed by atoms with Crippen LogP contribution in [0.5, 0.6) is 0 Å². The molecule has 1 aromatic heterocycles. The molecule has 20 heavy (non-hydrogen) atoms. The molecule has 0 aliphatic carbocycles. The van der Waals surface area contributed by atoms with Crippen molar-refractivity contribution < 1.29 is 8.42 Å². The van der Waals surface area contributed by atoms with E-state index in [1.54, 1.807) is 30.3 Å². The third-order valence-electron chi connectivity index (χ3n) is 2.98. The van der Waals surface area contributed by atoms with E-state index in [-0.39, 0.29) is 0 Å². The first-order chi connectivity index (χ1) is 9.48. The van der Waals surface area contributed by atoms with E-state index < -0.39 is 10.0 Å². The normalized spacial score (nSPS) is 11.5. The summed E-state index contributed by atoms with van der Waals surface area (Å²) in [6.07, 6.45) is 0.838. The summed E-state index contributed by atoms with van der Waals surface area (Å²) in [5.74, 6) is 0. The molecule has 0 radical (unpaired) electrons. The minimum absolute atomic E-state index is 0.366. The number of nitrogens with two attached hydrogens (primary N) is 1. The Kier molecular flexibility index (Phi) is 4.35. The molecule has 2 rings (SSSR count). The zero-order chi connectivity index (χ0) is 14.8. The van der Waals surface area contributed by atoms with Gasteiger partial charge in [-0.3, -0.25) is 4.31 Å². The van der Waals surface area contributed by atoms with Gasteiger partial charge in [0.15, 0.2) is 0 Å². The Morgan fingerprint density at radius 3 is 2.50 bits per heavy atom. The second-order valence-corrected chi connectivity index (χ2v) is 7.60. The summed E-state index contributed by atoms with van der Waals surface area (Å²) in [5.41, 5.74) is 6.89. The van der Waals surface area contributed by atoms with Crippen molar-refractivity contribution in [2.75, 3.05) is 16.6 Å². The summed E-state index contributed by atoms with van der Waals surface area (Å²) < 4.78 is 27.2. The number of sulfonamides is 1. The number of aryl methyl sites for hydroxylation is 1. The molecule has 0 fully saturated rings. The van der Waals surface area contributed by atoms with Crippen molar-refractivity contribution in [1.82, 2.24) is 0 Å². The van der Waals surface area contributed by atoms with Crippen molar-refractivity contribution in [3.8, 4) is 0 Å². The minimum atomic E-state index is -3.51. The molecule has 0 bridgehead atoms. The van der Waals surface area contributed by atoms with Crippen LogP contribution < -0.4 is 10.0 Å². The van der Waals surface area contributed by atoms with Crippen LogP contribution in [0.25, 0.3) is 0 Å². The van der Waals surface area contributed by atoms with Crippen molar-refractivity contribution in [1.29, 1.82) is 0 Å².